The highest BCUT2D eigenvalue weighted by atomic mass is 19.2. The molecule has 128 valence electrons. The Bertz CT molecular complexity index is 834. The van der Waals surface area contributed by atoms with Gasteiger partial charge in [-0.25, -0.2) is 8.78 Å². The van der Waals surface area contributed by atoms with Gasteiger partial charge in [-0.15, -0.1) is 0 Å². The van der Waals surface area contributed by atoms with Crippen LogP contribution in [-0.2, 0) is 16.1 Å². The Morgan fingerprint density at radius 2 is 1.60 bits per heavy atom. The molecule has 2 aromatic rings. The maximum atomic E-state index is 13.2. The number of hydrogen-bond donors (Lipinski definition) is 1. The molecule has 0 aromatic heterocycles. The zero-order valence-corrected chi connectivity index (χ0v) is 13.1. The summed E-state index contributed by atoms with van der Waals surface area (Å²) in [7, 11) is 0. The molecule has 5 nitrogen and oxygen atoms in total. The molecule has 0 aliphatic carbocycles. The Labute approximate surface area is 142 Å². The third-order valence-corrected chi connectivity index (χ3v) is 3.89. The van der Waals surface area contributed by atoms with Gasteiger partial charge in [-0.1, -0.05) is 12.1 Å². The van der Waals surface area contributed by atoms with Crippen LogP contribution in [-0.4, -0.2) is 22.6 Å². The van der Waals surface area contributed by atoms with Gasteiger partial charge in [-0.05, 0) is 35.9 Å². The van der Waals surface area contributed by atoms with E-state index in [4.69, 9.17) is 0 Å². The van der Waals surface area contributed by atoms with Crippen molar-refractivity contribution in [3.63, 3.8) is 0 Å². The Balaban J connectivity index is 1.66. The summed E-state index contributed by atoms with van der Waals surface area (Å²) in [6.07, 6.45) is 0.475. The van der Waals surface area contributed by atoms with Gasteiger partial charge in [0, 0.05) is 24.1 Å². The number of hydrogen-bond acceptors (Lipinski definition) is 3. The lowest BCUT2D eigenvalue weighted by atomic mass is 10.1. The van der Waals surface area contributed by atoms with E-state index in [0.29, 0.717) is 5.69 Å². The topological polar surface area (TPSA) is 66.5 Å². The predicted molar refractivity (Wildman–Crippen MR) is 85.5 cm³/mol. The molecular formula is C18H14F2N2O3. The third kappa shape index (κ3) is 3.71. The Morgan fingerprint density at radius 1 is 0.960 bits per heavy atom. The maximum absolute atomic E-state index is 13.2. The summed E-state index contributed by atoms with van der Waals surface area (Å²) < 4.78 is 26.1. The van der Waals surface area contributed by atoms with Gasteiger partial charge in [-0.3, -0.25) is 19.3 Å². The Hall–Kier alpha value is -3.09. The van der Waals surface area contributed by atoms with E-state index in [1.54, 1.807) is 24.3 Å². The molecule has 7 heteroatoms. The van der Waals surface area contributed by atoms with Crippen LogP contribution in [0.25, 0.3) is 0 Å². The van der Waals surface area contributed by atoms with Crippen LogP contribution in [0.1, 0.15) is 28.8 Å². The maximum Gasteiger partial charge on any atom is 0.255 e. The number of nitrogens with zero attached hydrogens (tertiary/aromatic N) is 1. The normalized spacial score (nSPS) is 14.1. The standard InChI is InChI=1S/C18H14F2N2O3/c19-14-6-3-12(9-15(14)20)18(25)21-13-4-1-11(2-5-13)10-22-16(23)7-8-17(22)24/h1-6,9H,7-8,10H2,(H,21,25). The molecule has 3 rings (SSSR count). The van der Waals surface area contributed by atoms with Gasteiger partial charge in [0.05, 0.1) is 6.54 Å². The summed E-state index contributed by atoms with van der Waals surface area (Å²) >= 11 is 0. The number of halogens is 2. The fraction of sp³-hybridized carbons (Fsp3) is 0.167. The van der Waals surface area contributed by atoms with E-state index in [0.717, 1.165) is 17.7 Å². The highest BCUT2D eigenvalue weighted by molar-refractivity contribution is 6.04. The average Bonchev–Trinajstić information content (AvgIpc) is 2.91. The Morgan fingerprint density at radius 3 is 2.20 bits per heavy atom. The summed E-state index contributed by atoms with van der Waals surface area (Å²) in [6.45, 7) is 0.190. The zero-order valence-electron chi connectivity index (χ0n) is 13.1. The van der Waals surface area contributed by atoms with E-state index in [1.165, 1.54) is 11.0 Å². The molecule has 2 aromatic carbocycles. The second-order valence-electron chi connectivity index (χ2n) is 5.65. The van der Waals surface area contributed by atoms with Gasteiger partial charge in [0.1, 0.15) is 0 Å². The van der Waals surface area contributed by atoms with E-state index in [-0.39, 0.29) is 36.8 Å². The summed E-state index contributed by atoms with van der Waals surface area (Å²) in [4.78, 5) is 36.4. The lowest BCUT2D eigenvalue weighted by Crippen LogP contribution is -2.28. The van der Waals surface area contributed by atoms with E-state index < -0.39 is 17.5 Å². The number of benzene rings is 2. The number of nitrogens with one attached hydrogen (secondary N) is 1. The zero-order chi connectivity index (χ0) is 18.0. The number of carbonyl (C=O) groups is 3. The van der Waals surface area contributed by atoms with Crippen LogP contribution in [0.2, 0.25) is 0 Å². The van der Waals surface area contributed by atoms with Gasteiger partial charge < -0.3 is 5.32 Å². The molecule has 1 N–H and O–H groups in total. The molecule has 0 saturated carbocycles. The largest absolute Gasteiger partial charge is 0.322 e. The second-order valence-corrected chi connectivity index (χ2v) is 5.65. The van der Waals surface area contributed by atoms with Crippen LogP contribution >= 0.6 is 0 Å². The molecule has 1 fully saturated rings. The van der Waals surface area contributed by atoms with Gasteiger partial charge in [0.2, 0.25) is 11.8 Å². The molecule has 0 atom stereocenters. The Kier molecular flexibility index (Phi) is 4.56. The SMILES string of the molecule is O=C(Nc1ccc(CN2C(=O)CCC2=O)cc1)c1ccc(F)c(F)c1. The van der Waals surface area contributed by atoms with E-state index in [9.17, 15) is 23.2 Å². The highest BCUT2D eigenvalue weighted by Gasteiger charge is 2.28. The third-order valence-electron chi connectivity index (χ3n) is 3.89. The lowest BCUT2D eigenvalue weighted by molar-refractivity contribution is -0.139. The molecule has 1 aliphatic heterocycles. The average molecular weight is 344 g/mol. The summed E-state index contributed by atoms with van der Waals surface area (Å²) in [5.74, 6) is -3.08. The number of rotatable bonds is 4. The van der Waals surface area contributed by atoms with Crippen LogP contribution in [0, 0.1) is 11.6 Å². The minimum atomic E-state index is -1.09. The van der Waals surface area contributed by atoms with Crippen molar-refractivity contribution in [3.8, 4) is 0 Å². The van der Waals surface area contributed by atoms with Crippen molar-refractivity contribution in [1.82, 2.24) is 4.90 Å². The van der Waals surface area contributed by atoms with Crippen LogP contribution in [0.15, 0.2) is 42.5 Å². The first-order chi connectivity index (χ1) is 11.9. The van der Waals surface area contributed by atoms with Gasteiger partial charge in [-0.2, -0.15) is 0 Å². The molecular weight excluding hydrogens is 330 g/mol. The molecule has 0 bridgehead atoms. The van der Waals surface area contributed by atoms with Crippen molar-refractivity contribution in [1.29, 1.82) is 0 Å². The second kappa shape index (κ2) is 6.80. The number of likely N-dealkylation sites (tertiary alicyclic amines) is 1. The molecule has 0 radical (unpaired) electrons. The number of carbonyl (C=O) groups excluding carboxylic acids is 3. The van der Waals surface area contributed by atoms with Gasteiger partial charge >= 0.3 is 0 Å². The van der Waals surface area contributed by atoms with Gasteiger partial charge in [0.25, 0.3) is 5.91 Å². The predicted octanol–water partition coefficient (Wildman–Crippen LogP) is 2.87. The quantitative estimate of drug-likeness (QED) is 0.868. The van der Waals surface area contributed by atoms with Crippen molar-refractivity contribution in [3.05, 3.63) is 65.2 Å². The fourth-order valence-corrected chi connectivity index (χ4v) is 2.52. The van der Waals surface area contributed by atoms with Crippen LogP contribution in [0.3, 0.4) is 0 Å². The fourth-order valence-electron chi connectivity index (χ4n) is 2.52. The molecule has 1 heterocycles. The van der Waals surface area contributed by atoms with Gasteiger partial charge in [0.15, 0.2) is 11.6 Å². The van der Waals surface area contributed by atoms with Crippen LogP contribution in [0.5, 0.6) is 0 Å². The van der Waals surface area contributed by atoms with Crippen molar-refractivity contribution >= 4 is 23.4 Å². The number of anilines is 1. The summed E-state index contributed by atoms with van der Waals surface area (Å²) in [5, 5.41) is 2.57. The first-order valence-electron chi connectivity index (χ1n) is 7.62. The van der Waals surface area contributed by atoms with Crippen molar-refractivity contribution in [2.75, 3.05) is 5.32 Å². The molecule has 0 spiro atoms. The highest BCUT2D eigenvalue weighted by Crippen LogP contribution is 2.18. The van der Waals surface area contributed by atoms with E-state index >= 15 is 0 Å². The summed E-state index contributed by atoms with van der Waals surface area (Å²) in [5.41, 5.74) is 1.20. The smallest absolute Gasteiger partial charge is 0.255 e. The first kappa shape index (κ1) is 16.8. The molecule has 0 unspecified atom stereocenters. The molecule has 3 amide bonds. The molecule has 1 aliphatic rings. The van der Waals surface area contributed by atoms with Crippen LogP contribution < -0.4 is 5.32 Å². The van der Waals surface area contributed by atoms with E-state index in [2.05, 4.69) is 5.32 Å². The van der Waals surface area contributed by atoms with Crippen molar-refractivity contribution in [2.24, 2.45) is 0 Å². The lowest BCUT2D eigenvalue weighted by Gasteiger charge is -2.14. The number of imide groups is 1. The number of amides is 3. The van der Waals surface area contributed by atoms with Crippen molar-refractivity contribution in [2.45, 2.75) is 19.4 Å². The molecule has 1 saturated heterocycles. The first-order valence-corrected chi connectivity index (χ1v) is 7.62. The minimum Gasteiger partial charge on any atom is -0.322 e. The van der Waals surface area contributed by atoms with Crippen LogP contribution in [0.4, 0.5) is 14.5 Å². The minimum absolute atomic E-state index is 0.00348. The monoisotopic (exact) mass is 344 g/mol. The molecule has 25 heavy (non-hydrogen) atoms. The van der Waals surface area contributed by atoms with E-state index in [1.807, 2.05) is 0 Å². The van der Waals surface area contributed by atoms with Crippen molar-refractivity contribution < 1.29 is 23.2 Å². The summed E-state index contributed by atoms with van der Waals surface area (Å²) in [6, 6.07) is 9.48.